The smallest absolute Gasteiger partial charge is 0.247 e. The van der Waals surface area contributed by atoms with Gasteiger partial charge in [0, 0.05) is 41.7 Å². The minimum atomic E-state index is -0.829. The van der Waals surface area contributed by atoms with Crippen LogP contribution in [0.1, 0.15) is 29.3 Å². The van der Waals surface area contributed by atoms with Crippen molar-refractivity contribution in [2.24, 2.45) is 0 Å². The zero-order valence-electron chi connectivity index (χ0n) is 17.1. The number of aromatic nitrogens is 1. The first-order valence-electron chi connectivity index (χ1n) is 10.4. The van der Waals surface area contributed by atoms with E-state index in [1.54, 1.807) is 23.4 Å². The summed E-state index contributed by atoms with van der Waals surface area (Å²) in [6.07, 6.45) is 5.48. The second-order valence-electron chi connectivity index (χ2n) is 7.42. The van der Waals surface area contributed by atoms with Crippen LogP contribution in [0.5, 0.6) is 0 Å². The molecule has 2 aromatic heterocycles. The van der Waals surface area contributed by atoms with Crippen molar-refractivity contribution in [3.63, 3.8) is 0 Å². The number of carbonyl (C=O) groups is 2. The van der Waals surface area contributed by atoms with E-state index in [9.17, 15) is 9.59 Å². The third-order valence-electron chi connectivity index (χ3n) is 5.24. The number of carbonyl (C=O) groups excluding carboxylic acids is 2. The summed E-state index contributed by atoms with van der Waals surface area (Å²) in [6, 6.07) is 16.0. The average molecular weight is 436 g/mol. The lowest BCUT2D eigenvalue weighted by atomic mass is 10.0. The molecule has 1 aromatic carbocycles. The quantitative estimate of drug-likeness (QED) is 0.585. The Morgan fingerprint density at radius 2 is 2.03 bits per heavy atom. The Kier molecular flexibility index (Phi) is 7.07. The van der Waals surface area contributed by atoms with Gasteiger partial charge in [-0.15, -0.1) is 11.3 Å². The molecule has 0 saturated carbocycles. The van der Waals surface area contributed by atoms with Gasteiger partial charge in [0.1, 0.15) is 6.04 Å². The molecule has 160 valence electrons. The summed E-state index contributed by atoms with van der Waals surface area (Å²) in [6.45, 7) is 1.15. The summed E-state index contributed by atoms with van der Waals surface area (Å²) >= 11 is 1.53. The molecule has 7 heteroatoms. The van der Waals surface area contributed by atoms with E-state index >= 15 is 0 Å². The molecule has 0 aliphatic carbocycles. The lowest BCUT2D eigenvalue weighted by Crippen LogP contribution is -2.46. The third-order valence-corrected chi connectivity index (χ3v) is 6.12. The number of para-hydroxylation sites is 1. The number of pyridine rings is 1. The fourth-order valence-corrected chi connectivity index (χ4v) is 4.44. The fraction of sp³-hybridized carbons (Fsp3) is 0.292. The van der Waals surface area contributed by atoms with E-state index in [0.29, 0.717) is 17.8 Å². The van der Waals surface area contributed by atoms with Gasteiger partial charge in [0.2, 0.25) is 11.8 Å². The lowest BCUT2D eigenvalue weighted by Gasteiger charge is -2.31. The molecule has 6 nitrogen and oxygen atoms in total. The van der Waals surface area contributed by atoms with Gasteiger partial charge in [0.15, 0.2) is 0 Å². The molecule has 1 fully saturated rings. The van der Waals surface area contributed by atoms with Gasteiger partial charge in [-0.3, -0.25) is 19.5 Å². The van der Waals surface area contributed by atoms with Gasteiger partial charge in [-0.1, -0.05) is 30.3 Å². The van der Waals surface area contributed by atoms with Gasteiger partial charge in [-0.2, -0.15) is 0 Å². The van der Waals surface area contributed by atoms with E-state index in [1.807, 2.05) is 53.9 Å². The van der Waals surface area contributed by atoms with E-state index in [-0.39, 0.29) is 24.3 Å². The van der Waals surface area contributed by atoms with Crippen LogP contribution < -0.4 is 10.2 Å². The third kappa shape index (κ3) is 5.37. The molecular weight excluding hydrogens is 410 g/mol. The highest BCUT2D eigenvalue weighted by atomic mass is 32.1. The van der Waals surface area contributed by atoms with Gasteiger partial charge in [0.05, 0.1) is 12.5 Å². The molecule has 3 aromatic rings. The van der Waals surface area contributed by atoms with E-state index in [4.69, 9.17) is 4.74 Å². The molecule has 2 amide bonds. The SMILES string of the molecule is O=C(NC[C@@H]1CCCO1)[C@@H](c1cccnc1)N(C(=O)Cc1cccs1)c1ccccc1. The largest absolute Gasteiger partial charge is 0.376 e. The van der Waals surface area contributed by atoms with Crippen molar-refractivity contribution in [2.75, 3.05) is 18.1 Å². The number of nitrogens with one attached hydrogen (secondary N) is 1. The van der Waals surface area contributed by atoms with Crippen LogP contribution >= 0.6 is 11.3 Å². The topological polar surface area (TPSA) is 71.5 Å². The van der Waals surface area contributed by atoms with Gasteiger partial charge in [-0.05, 0) is 42.5 Å². The number of hydrogen-bond donors (Lipinski definition) is 1. The van der Waals surface area contributed by atoms with Crippen molar-refractivity contribution < 1.29 is 14.3 Å². The van der Waals surface area contributed by atoms with E-state index in [1.165, 1.54) is 11.3 Å². The maximum Gasteiger partial charge on any atom is 0.247 e. The van der Waals surface area contributed by atoms with Crippen LogP contribution in [0.3, 0.4) is 0 Å². The molecule has 4 rings (SSSR count). The van der Waals surface area contributed by atoms with Crippen molar-refractivity contribution in [1.29, 1.82) is 0 Å². The number of anilines is 1. The predicted molar refractivity (Wildman–Crippen MR) is 121 cm³/mol. The fourth-order valence-electron chi connectivity index (χ4n) is 3.74. The Labute approximate surface area is 185 Å². The highest BCUT2D eigenvalue weighted by Crippen LogP contribution is 2.29. The molecule has 1 aliphatic heterocycles. The Hall–Kier alpha value is -3.03. The average Bonchev–Trinajstić information content (AvgIpc) is 3.51. The Bertz CT molecular complexity index is 974. The number of benzene rings is 1. The zero-order valence-corrected chi connectivity index (χ0v) is 18.0. The van der Waals surface area contributed by atoms with E-state index < -0.39 is 6.04 Å². The van der Waals surface area contributed by atoms with E-state index in [2.05, 4.69) is 10.3 Å². The molecule has 31 heavy (non-hydrogen) atoms. The standard InChI is InChI=1S/C24H25N3O3S/c28-22(15-21-11-6-14-31-21)27(19-8-2-1-3-9-19)23(18-7-4-12-25-16-18)24(29)26-17-20-10-5-13-30-20/h1-4,6-9,11-12,14,16,20,23H,5,10,13,15,17H2,(H,26,29)/t20-,23+/m0/s1. The maximum atomic E-state index is 13.5. The van der Waals surface area contributed by atoms with Gasteiger partial charge in [0.25, 0.3) is 0 Å². The van der Waals surface area contributed by atoms with Gasteiger partial charge >= 0.3 is 0 Å². The highest BCUT2D eigenvalue weighted by Gasteiger charge is 2.33. The first kappa shape index (κ1) is 21.2. The minimum absolute atomic E-state index is 0.0190. The van der Waals surface area contributed by atoms with Crippen molar-refractivity contribution in [1.82, 2.24) is 10.3 Å². The molecular formula is C24H25N3O3S. The summed E-state index contributed by atoms with van der Waals surface area (Å²) in [7, 11) is 0. The Morgan fingerprint density at radius 1 is 1.16 bits per heavy atom. The molecule has 1 saturated heterocycles. The number of amides is 2. The van der Waals surface area contributed by atoms with Crippen molar-refractivity contribution in [2.45, 2.75) is 31.4 Å². The molecule has 1 aliphatic rings. The number of nitrogens with zero attached hydrogens (tertiary/aromatic N) is 2. The summed E-state index contributed by atoms with van der Waals surface area (Å²) in [5, 5.41) is 4.95. The number of ether oxygens (including phenoxy) is 1. The zero-order chi connectivity index (χ0) is 21.5. The van der Waals surface area contributed by atoms with Crippen LogP contribution in [-0.4, -0.2) is 36.1 Å². The first-order chi connectivity index (χ1) is 15.2. The van der Waals surface area contributed by atoms with Crippen molar-refractivity contribution in [3.8, 4) is 0 Å². The monoisotopic (exact) mass is 435 g/mol. The normalized spacial score (nSPS) is 16.6. The Balaban J connectivity index is 1.66. The van der Waals surface area contributed by atoms with Crippen LogP contribution in [0.4, 0.5) is 5.69 Å². The molecule has 0 spiro atoms. The Morgan fingerprint density at radius 3 is 2.71 bits per heavy atom. The van der Waals surface area contributed by atoms with Crippen LogP contribution in [0.2, 0.25) is 0 Å². The number of rotatable bonds is 8. The molecule has 0 bridgehead atoms. The van der Waals surface area contributed by atoms with Crippen LogP contribution in [0, 0.1) is 0 Å². The van der Waals surface area contributed by atoms with Crippen LogP contribution in [-0.2, 0) is 20.7 Å². The van der Waals surface area contributed by atoms with E-state index in [0.717, 1.165) is 24.3 Å². The van der Waals surface area contributed by atoms with Gasteiger partial charge in [-0.25, -0.2) is 0 Å². The summed E-state index contributed by atoms with van der Waals surface area (Å²) in [4.78, 5) is 33.7. The lowest BCUT2D eigenvalue weighted by molar-refractivity contribution is -0.126. The number of thiophene rings is 1. The van der Waals surface area contributed by atoms with Crippen LogP contribution in [0.15, 0.2) is 72.4 Å². The van der Waals surface area contributed by atoms with Crippen LogP contribution in [0.25, 0.3) is 0 Å². The summed E-state index contributed by atoms with van der Waals surface area (Å²) in [5.74, 6) is -0.387. The second kappa shape index (κ2) is 10.3. The predicted octanol–water partition coefficient (Wildman–Crippen LogP) is 3.76. The highest BCUT2D eigenvalue weighted by molar-refractivity contribution is 7.10. The van der Waals surface area contributed by atoms with Crippen molar-refractivity contribution >= 4 is 28.8 Å². The first-order valence-corrected chi connectivity index (χ1v) is 11.3. The molecule has 0 radical (unpaired) electrons. The van der Waals surface area contributed by atoms with Gasteiger partial charge < -0.3 is 10.1 Å². The second-order valence-corrected chi connectivity index (χ2v) is 8.46. The summed E-state index contributed by atoms with van der Waals surface area (Å²) in [5.41, 5.74) is 1.33. The molecule has 1 N–H and O–H groups in total. The molecule has 0 unspecified atom stereocenters. The van der Waals surface area contributed by atoms with Crippen molar-refractivity contribution in [3.05, 3.63) is 82.8 Å². The minimum Gasteiger partial charge on any atom is -0.376 e. The number of hydrogen-bond acceptors (Lipinski definition) is 5. The summed E-state index contributed by atoms with van der Waals surface area (Å²) < 4.78 is 5.65. The maximum absolute atomic E-state index is 13.5. The molecule has 3 heterocycles. The molecule has 2 atom stereocenters.